The van der Waals surface area contributed by atoms with Gasteiger partial charge in [-0.25, -0.2) is 13.1 Å². The summed E-state index contributed by atoms with van der Waals surface area (Å²) >= 11 is 0. The normalized spacial score (nSPS) is 15.1. The Hall–Kier alpha value is -1.85. The summed E-state index contributed by atoms with van der Waals surface area (Å²) in [5.41, 5.74) is 9.50. The van der Waals surface area contributed by atoms with Gasteiger partial charge in [0.25, 0.3) is 0 Å². The highest BCUT2D eigenvalue weighted by molar-refractivity contribution is 7.89. The first-order valence-electron chi connectivity index (χ1n) is 6.91. The van der Waals surface area contributed by atoms with Crippen molar-refractivity contribution in [3.05, 3.63) is 59.2 Å². The molecule has 5 heteroatoms. The molecular formula is C16H18N2O2S. The van der Waals surface area contributed by atoms with Gasteiger partial charge < -0.3 is 5.73 Å². The Balaban J connectivity index is 1.82. The Bertz CT molecular complexity index is 760. The fourth-order valence-corrected chi connectivity index (χ4v) is 4.19. The largest absolute Gasteiger partial charge is 0.398 e. The highest BCUT2D eigenvalue weighted by Crippen LogP contribution is 2.25. The van der Waals surface area contributed by atoms with Gasteiger partial charge in [-0.2, -0.15) is 0 Å². The number of sulfonamides is 1. The number of hydrogen-bond acceptors (Lipinski definition) is 3. The molecule has 4 nitrogen and oxygen atoms in total. The summed E-state index contributed by atoms with van der Waals surface area (Å²) in [5.74, 6) is 0. The predicted octanol–water partition coefficient (Wildman–Crippen LogP) is 2.02. The maximum Gasteiger partial charge on any atom is 0.242 e. The van der Waals surface area contributed by atoms with Crippen molar-refractivity contribution in [2.75, 3.05) is 5.73 Å². The third-order valence-corrected chi connectivity index (χ3v) is 5.42. The van der Waals surface area contributed by atoms with Crippen molar-refractivity contribution >= 4 is 15.7 Å². The summed E-state index contributed by atoms with van der Waals surface area (Å²) < 4.78 is 27.7. The first-order valence-corrected chi connectivity index (χ1v) is 8.39. The summed E-state index contributed by atoms with van der Waals surface area (Å²) in [7, 11) is -3.58. The quantitative estimate of drug-likeness (QED) is 0.852. The molecule has 110 valence electrons. The maximum absolute atomic E-state index is 12.5. The van der Waals surface area contributed by atoms with Crippen molar-refractivity contribution in [3.8, 4) is 0 Å². The van der Waals surface area contributed by atoms with Gasteiger partial charge in [0.05, 0.1) is 5.69 Å². The molecule has 21 heavy (non-hydrogen) atoms. The summed E-state index contributed by atoms with van der Waals surface area (Å²) in [6.45, 7) is 1.88. The minimum atomic E-state index is -3.58. The molecule has 1 aliphatic rings. The van der Waals surface area contributed by atoms with Crippen molar-refractivity contribution in [3.63, 3.8) is 0 Å². The van der Waals surface area contributed by atoms with Crippen molar-refractivity contribution in [1.29, 1.82) is 0 Å². The van der Waals surface area contributed by atoms with E-state index in [2.05, 4.69) is 4.72 Å². The summed E-state index contributed by atoms with van der Waals surface area (Å²) in [6.07, 6.45) is 1.45. The van der Waals surface area contributed by atoms with Crippen LogP contribution in [0, 0.1) is 6.92 Å². The fraction of sp³-hybridized carbons (Fsp3) is 0.250. The van der Waals surface area contributed by atoms with Crippen molar-refractivity contribution in [1.82, 2.24) is 4.72 Å². The van der Waals surface area contributed by atoms with Gasteiger partial charge in [0.15, 0.2) is 0 Å². The van der Waals surface area contributed by atoms with E-state index in [0.717, 1.165) is 18.4 Å². The van der Waals surface area contributed by atoms with E-state index < -0.39 is 10.0 Å². The number of hydrogen-bond donors (Lipinski definition) is 2. The Morgan fingerprint density at radius 2 is 1.71 bits per heavy atom. The van der Waals surface area contributed by atoms with Crippen LogP contribution in [-0.2, 0) is 22.9 Å². The molecular weight excluding hydrogens is 284 g/mol. The number of nitrogens with two attached hydrogens (primary N) is 1. The zero-order valence-corrected chi connectivity index (χ0v) is 12.7. The van der Waals surface area contributed by atoms with Crippen LogP contribution in [0.2, 0.25) is 0 Å². The van der Waals surface area contributed by atoms with Gasteiger partial charge in [-0.05, 0) is 48.6 Å². The van der Waals surface area contributed by atoms with Crippen LogP contribution < -0.4 is 10.5 Å². The van der Waals surface area contributed by atoms with Crippen LogP contribution in [0.3, 0.4) is 0 Å². The van der Waals surface area contributed by atoms with Crippen LogP contribution in [0.15, 0.2) is 47.4 Å². The van der Waals surface area contributed by atoms with Gasteiger partial charge in [0.2, 0.25) is 10.0 Å². The molecule has 0 bridgehead atoms. The Morgan fingerprint density at radius 1 is 1.10 bits per heavy atom. The first-order chi connectivity index (χ1) is 9.95. The highest BCUT2D eigenvalue weighted by atomic mass is 32.2. The number of benzene rings is 2. The van der Waals surface area contributed by atoms with Gasteiger partial charge in [-0.15, -0.1) is 0 Å². The van der Waals surface area contributed by atoms with E-state index >= 15 is 0 Å². The maximum atomic E-state index is 12.5. The molecule has 0 amide bonds. The van der Waals surface area contributed by atoms with Crippen LogP contribution >= 0.6 is 0 Å². The standard InChI is InChI=1S/C16H18N2O2S/c1-11-6-7-16(15(17)8-11)21(19,20)18-14-9-12-4-2-3-5-13(12)10-14/h2-8,14,18H,9-10,17H2,1H3. The van der Waals surface area contributed by atoms with Crippen molar-refractivity contribution in [2.45, 2.75) is 30.7 Å². The van der Waals surface area contributed by atoms with Crippen LogP contribution in [0.4, 0.5) is 5.69 Å². The van der Waals surface area contributed by atoms with E-state index in [1.807, 2.05) is 31.2 Å². The Labute approximate surface area is 125 Å². The topological polar surface area (TPSA) is 72.2 Å². The molecule has 0 unspecified atom stereocenters. The van der Waals surface area contributed by atoms with E-state index in [4.69, 9.17) is 5.73 Å². The molecule has 0 fully saturated rings. The molecule has 3 N–H and O–H groups in total. The number of fused-ring (bicyclic) bond motifs is 1. The third kappa shape index (κ3) is 2.80. The molecule has 2 aromatic rings. The highest BCUT2D eigenvalue weighted by Gasteiger charge is 2.27. The predicted molar refractivity (Wildman–Crippen MR) is 83.6 cm³/mol. The average molecular weight is 302 g/mol. The molecule has 0 aromatic heterocycles. The monoisotopic (exact) mass is 302 g/mol. The van der Waals surface area contributed by atoms with E-state index in [-0.39, 0.29) is 16.6 Å². The van der Waals surface area contributed by atoms with Gasteiger partial charge >= 0.3 is 0 Å². The average Bonchev–Trinajstić information content (AvgIpc) is 2.79. The van der Waals surface area contributed by atoms with Gasteiger partial charge in [0, 0.05) is 6.04 Å². The van der Waals surface area contributed by atoms with Crippen molar-refractivity contribution < 1.29 is 8.42 Å². The van der Waals surface area contributed by atoms with Gasteiger partial charge in [0.1, 0.15) is 4.90 Å². The number of nitrogen functional groups attached to an aromatic ring is 1. The third-order valence-electron chi connectivity index (χ3n) is 3.83. The minimum absolute atomic E-state index is 0.104. The smallest absolute Gasteiger partial charge is 0.242 e. The lowest BCUT2D eigenvalue weighted by atomic mass is 10.1. The molecule has 0 aliphatic heterocycles. The van der Waals surface area contributed by atoms with E-state index in [1.54, 1.807) is 18.2 Å². The SMILES string of the molecule is Cc1ccc(S(=O)(=O)NC2Cc3ccccc3C2)c(N)c1. The second kappa shape index (κ2) is 5.16. The second-order valence-electron chi connectivity index (χ2n) is 5.54. The first kappa shape index (κ1) is 14.1. The molecule has 0 atom stereocenters. The summed E-state index contributed by atoms with van der Waals surface area (Å²) in [4.78, 5) is 0.157. The lowest BCUT2D eigenvalue weighted by Gasteiger charge is -2.14. The van der Waals surface area contributed by atoms with E-state index in [1.165, 1.54) is 11.1 Å². The number of anilines is 1. The van der Waals surface area contributed by atoms with Crippen molar-refractivity contribution in [2.24, 2.45) is 0 Å². The molecule has 0 heterocycles. The lowest BCUT2D eigenvalue weighted by molar-refractivity contribution is 0.556. The van der Waals surface area contributed by atoms with E-state index in [0.29, 0.717) is 0 Å². The number of nitrogens with one attached hydrogen (secondary N) is 1. The molecule has 0 spiro atoms. The van der Waals surface area contributed by atoms with Crippen LogP contribution in [-0.4, -0.2) is 14.5 Å². The molecule has 1 aliphatic carbocycles. The molecule has 3 rings (SSSR count). The molecule has 0 radical (unpaired) electrons. The summed E-state index contributed by atoms with van der Waals surface area (Å²) in [5, 5.41) is 0. The van der Waals surface area contributed by atoms with Gasteiger partial charge in [-0.1, -0.05) is 30.3 Å². The molecule has 2 aromatic carbocycles. The fourth-order valence-electron chi connectivity index (χ4n) is 2.84. The van der Waals surface area contributed by atoms with Gasteiger partial charge in [-0.3, -0.25) is 0 Å². The van der Waals surface area contributed by atoms with E-state index in [9.17, 15) is 8.42 Å². The zero-order valence-electron chi connectivity index (χ0n) is 11.8. The zero-order chi connectivity index (χ0) is 15.0. The molecule has 0 saturated carbocycles. The second-order valence-corrected chi connectivity index (χ2v) is 7.22. The Kier molecular flexibility index (Phi) is 3.47. The lowest BCUT2D eigenvalue weighted by Crippen LogP contribution is -2.35. The Morgan fingerprint density at radius 3 is 2.29 bits per heavy atom. The van der Waals surface area contributed by atoms with Crippen LogP contribution in [0.5, 0.6) is 0 Å². The van der Waals surface area contributed by atoms with Crippen LogP contribution in [0.1, 0.15) is 16.7 Å². The minimum Gasteiger partial charge on any atom is -0.398 e. The summed E-state index contributed by atoms with van der Waals surface area (Å²) in [6, 6.07) is 12.9. The number of aryl methyl sites for hydroxylation is 1. The number of rotatable bonds is 3. The van der Waals surface area contributed by atoms with Crippen LogP contribution in [0.25, 0.3) is 0 Å². The molecule has 0 saturated heterocycles.